The van der Waals surface area contributed by atoms with Gasteiger partial charge in [-0.15, -0.1) is 0 Å². The first kappa shape index (κ1) is 32.5. The number of carbonyl (C=O) groups excluding carboxylic acids is 2. The summed E-state index contributed by atoms with van der Waals surface area (Å²) in [5, 5.41) is 6.60. The van der Waals surface area contributed by atoms with Gasteiger partial charge in [0.15, 0.2) is 5.65 Å². The van der Waals surface area contributed by atoms with Crippen molar-refractivity contribution < 1.29 is 19.1 Å². The van der Waals surface area contributed by atoms with E-state index in [-0.39, 0.29) is 17.4 Å². The summed E-state index contributed by atoms with van der Waals surface area (Å²) in [4.78, 5) is 52.6. The van der Waals surface area contributed by atoms with Crippen molar-refractivity contribution in [1.82, 2.24) is 14.5 Å². The molecule has 3 aromatic carbocycles. The molecule has 1 aliphatic heterocycles. The molecule has 0 bridgehead atoms. The molecule has 0 saturated heterocycles. The van der Waals surface area contributed by atoms with E-state index in [0.717, 1.165) is 11.1 Å². The standard InChI is InChI=1S/C37H35N7O5/c1-6-32(45)40-26-11-9-12-27(19-26)44-35-25(22-39-37(41-35)38-21-24-14-15-28(48-4)20-31(24)49-5)18-30(36(44)47)42-16-17-43(33(46)7-2)34-23(3)10-8-13-29(34)42/h6-15,18-20,22H,1-2,16-17,21H2,3-5H3,(H,40,45)(H,38,39,41). The first-order valence-electron chi connectivity index (χ1n) is 15.5. The van der Waals surface area contributed by atoms with E-state index in [1.54, 1.807) is 61.7 Å². The van der Waals surface area contributed by atoms with Gasteiger partial charge < -0.3 is 29.9 Å². The molecule has 0 radical (unpaired) electrons. The van der Waals surface area contributed by atoms with Crippen LogP contribution in [-0.4, -0.2) is 53.7 Å². The Labute approximate surface area is 282 Å². The van der Waals surface area contributed by atoms with Gasteiger partial charge in [-0.1, -0.05) is 31.4 Å². The third-order valence-electron chi connectivity index (χ3n) is 8.27. The highest BCUT2D eigenvalue weighted by molar-refractivity contribution is 6.05. The molecule has 0 atom stereocenters. The third-order valence-corrected chi connectivity index (χ3v) is 8.27. The number of benzene rings is 3. The zero-order valence-electron chi connectivity index (χ0n) is 27.4. The van der Waals surface area contributed by atoms with Crippen molar-refractivity contribution in [2.75, 3.05) is 47.7 Å². The minimum atomic E-state index is -0.384. The van der Waals surface area contributed by atoms with Gasteiger partial charge in [-0.2, -0.15) is 4.98 Å². The van der Waals surface area contributed by atoms with Gasteiger partial charge in [0.2, 0.25) is 11.9 Å². The molecule has 0 spiro atoms. The molecule has 0 aliphatic carbocycles. The molecule has 2 aromatic heterocycles. The number of ether oxygens (including phenoxy) is 2. The molecule has 2 amide bonds. The smallest absolute Gasteiger partial charge is 0.280 e. The molecule has 5 aromatic rings. The lowest BCUT2D eigenvalue weighted by atomic mass is 10.1. The van der Waals surface area contributed by atoms with Crippen molar-refractivity contribution in [3.8, 4) is 17.2 Å². The highest BCUT2D eigenvalue weighted by Crippen LogP contribution is 2.40. The minimum absolute atomic E-state index is 0.217. The quantitative estimate of drug-likeness (QED) is 0.187. The van der Waals surface area contributed by atoms with E-state index in [1.807, 2.05) is 42.2 Å². The number of carbonyl (C=O) groups is 2. The molecular weight excluding hydrogens is 622 g/mol. The van der Waals surface area contributed by atoms with Crippen LogP contribution in [0, 0.1) is 6.92 Å². The average Bonchev–Trinajstić information content (AvgIpc) is 3.13. The van der Waals surface area contributed by atoms with Gasteiger partial charge in [0.1, 0.15) is 17.2 Å². The molecule has 12 heteroatoms. The predicted molar refractivity (Wildman–Crippen MR) is 192 cm³/mol. The van der Waals surface area contributed by atoms with Crippen LogP contribution in [0.15, 0.2) is 103 Å². The van der Waals surface area contributed by atoms with Crippen LogP contribution in [0.25, 0.3) is 16.7 Å². The van der Waals surface area contributed by atoms with Crippen LogP contribution in [0.5, 0.6) is 11.5 Å². The number of fused-ring (bicyclic) bond motifs is 2. The average molecular weight is 658 g/mol. The molecule has 0 unspecified atom stereocenters. The van der Waals surface area contributed by atoms with Crippen LogP contribution in [0.2, 0.25) is 0 Å². The summed E-state index contributed by atoms with van der Waals surface area (Å²) in [6.45, 7) is 10.2. The monoisotopic (exact) mass is 657 g/mol. The summed E-state index contributed by atoms with van der Waals surface area (Å²) in [5.74, 6) is 0.994. The summed E-state index contributed by atoms with van der Waals surface area (Å²) < 4.78 is 12.4. The van der Waals surface area contributed by atoms with Crippen molar-refractivity contribution in [3.05, 3.63) is 120 Å². The van der Waals surface area contributed by atoms with E-state index >= 15 is 0 Å². The van der Waals surface area contributed by atoms with E-state index in [9.17, 15) is 14.4 Å². The van der Waals surface area contributed by atoms with Crippen molar-refractivity contribution in [2.45, 2.75) is 13.5 Å². The minimum Gasteiger partial charge on any atom is -0.497 e. The lowest BCUT2D eigenvalue weighted by Crippen LogP contribution is -2.43. The van der Waals surface area contributed by atoms with Crippen LogP contribution in [-0.2, 0) is 16.1 Å². The third kappa shape index (κ3) is 6.31. The number of hydrogen-bond acceptors (Lipinski definition) is 9. The van der Waals surface area contributed by atoms with Crippen LogP contribution < -0.4 is 35.5 Å². The van der Waals surface area contributed by atoms with Gasteiger partial charge in [-0.05, 0) is 67.1 Å². The van der Waals surface area contributed by atoms with E-state index in [0.29, 0.717) is 76.6 Å². The van der Waals surface area contributed by atoms with Crippen molar-refractivity contribution in [1.29, 1.82) is 0 Å². The molecule has 49 heavy (non-hydrogen) atoms. The number of aromatic nitrogens is 3. The largest absolute Gasteiger partial charge is 0.497 e. The number of para-hydroxylation sites is 1. The molecule has 12 nitrogen and oxygen atoms in total. The van der Waals surface area contributed by atoms with Gasteiger partial charge >= 0.3 is 0 Å². The number of aryl methyl sites for hydroxylation is 1. The summed E-state index contributed by atoms with van der Waals surface area (Å²) in [5.41, 5.74) is 4.49. The summed E-state index contributed by atoms with van der Waals surface area (Å²) in [6, 6.07) is 19.9. The number of anilines is 5. The maximum Gasteiger partial charge on any atom is 0.280 e. The lowest BCUT2D eigenvalue weighted by Gasteiger charge is -2.38. The second kappa shape index (κ2) is 13.7. The Morgan fingerprint density at radius 3 is 2.53 bits per heavy atom. The van der Waals surface area contributed by atoms with Crippen molar-refractivity contribution in [2.24, 2.45) is 0 Å². The van der Waals surface area contributed by atoms with Crippen LogP contribution in [0.1, 0.15) is 11.1 Å². The molecule has 2 N–H and O–H groups in total. The number of rotatable bonds is 10. The number of hydrogen-bond donors (Lipinski definition) is 2. The van der Waals surface area contributed by atoms with E-state index < -0.39 is 0 Å². The zero-order valence-corrected chi connectivity index (χ0v) is 27.4. The summed E-state index contributed by atoms with van der Waals surface area (Å²) >= 11 is 0. The number of nitrogens with zero attached hydrogens (tertiary/aromatic N) is 5. The molecule has 0 fully saturated rings. The predicted octanol–water partition coefficient (Wildman–Crippen LogP) is 5.51. The Hall–Kier alpha value is -6.43. The zero-order chi connectivity index (χ0) is 34.7. The Morgan fingerprint density at radius 2 is 1.78 bits per heavy atom. The fraction of sp³-hybridized carbons (Fsp3) is 0.162. The first-order valence-corrected chi connectivity index (χ1v) is 15.5. The highest BCUT2D eigenvalue weighted by Gasteiger charge is 2.30. The Balaban J connectivity index is 1.49. The number of amides is 2. The van der Waals surface area contributed by atoms with Gasteiger partial charge in [0.25, 0.3) is 11.5 Å². The molecule has 3 heterocycles. The highest BCUT2D eigenvalue weighted by atomic mass is 16.5. The van der Waals surface area contributed by atoms with Gasteiger partial charge in [0.05, 0.1) is 31.3 Å². The van der Waals surface area contributed by atoms with Crippen molar-refractivity contribution in [3.63, 3.8) is 0 Å². The second-order valence-corrected chi connectivity index (χ2v) is 11.2. The Morgan fingerprint density at radius 1 is 0.959 bits per heavy atom. The molecule has 6 rings (SSSR count). The number of pyridine rings is 1. The van der Waals surface area contributed by atoms with Gasteiger partial charge in [-0.25, -0.2) is 4.98 Å². The Bertz CT molecular complexity index is 2180. The fourth-order valence-electron chi connectivity index (χ4n) is 5.91. The second-order valence-electron chi connectivity index (χ2n) is 11.2. The van der Waals surface area contributed by atoms with E-state index in [2.05, 4.69) is 28.8 Å². The van der Waals surface area contributed by atoms with Crippen LogP contribution in [0.4, 0.5) is 28.7 Å². The van der Waals surface area contributed by atoms with Crippen molar-refractivity contribution >= 4 is 51.5 Å². The molecular formula is C37H35N7O5. The molecule has 0 saturated carbocycles. The lowest BCUT2D eigenvalue weighted by molar-refractivity contribution is -0.114. The van der Waals surface area contributed by atoms with Crippen LogP contribution in [0.3, 0.4) is 0 Å². The van der Waals surface area contributed by atoms with E-state index in [4.69, 9.17) is 14.5 Å². The summed E-state index contributed by atoms with van der Waals surface area (Å²) in [7, 11) is 3.18. The first-order chi connectivity index (χ1) is 23.8. The van der Waals surface area contributed by atoms with Gasteiger partial charge in [0, 0.05) is 48.5 Å². The van der Waals surface area contributed by atoms with Gasteiger partial charge in [-0.3, -0.25) is 19.0 Å². The maximum absolute atomic E-state index is 14.7. The fourth-order valence-corrected chi connectivity index (χ4v) is 5.91. The number of methoxy groups -OCH3 is 2. The summed E-state index contributed by atoms with van der Waals surface area (Å²) in [6.07, 6.45) is 4.13. The van der Waals surface area contributed by atoms with Crippen LogP contribution >= 0.6 is 0 Å². The Kier molecular flexibility index (Phi) is 9.11. The van der Waals surface area contributed by atoms with E-state index in [1.165, 1.54) is 16.7 Å². The number of nitrogens with one attached hydrogen (secondary N) is 2. The maximum atomic E-state index is 14.7. The topological polar surface area (TPSA) is 131 Å². The normalized spacial score (nSPS) is 12.2. The molecule has 1 aliphatic rings. The SMILES string of the molecule is C=CC(=O)Nc1cccc(-n2c(=O)c(N3CCN(C(=O)C=C)c4c(C)cccc43)cc3cnc(NCc4ccc(OC)cc4OC)nc32)c1. The molecule has 248 valence electrons.